The first-order chi connectivity index (χ1) is 41.2. The minimum atomic E-state index is -0.615. The molecule has 0 bridgehead atoms. The van der Waals surface area contributed by atoms with Crippen LogP contribution in [0.3, 0.4) is 0 Å². The summed E-state index contributed by atoms with van der Waals surface area (Å²) >= 11 is 0. The number of rotatable bonds is 5. The largest absolute Gasteiger partial charge is 0.310 e. The van der Waals surface area contributed by atoms with Crippen LogP contribution in [-0.2, 0) is 10.8 Å². The van der Waals surface area contributed by atoms with E-state index in [1.165, 1.54) is 133 Å². The number of anilines is 3. The number of hydrogen-bond donors (Lipinski definition) is 0. The zero-order chi connectivity index (χ0) is 54.1. The van der Waals surface area contributed by atoms with E-state index < -0.39 is 10.8 Å². The van der Waals surface area contributed by atoms with Crippen molar-refractivity contribution in [2.24, 2.45) is 0 Å². The van der Waals surface area contributed by atoms with Crippen molar-refractivity contribution in [2.45, 2.75) is 10.8 Å². The molecule has 0 amide bonds. The minimum absolute atomic E-state index is 0.497. The number of fused-ring (bicyclic) bond motifs is 25. The zero-order valence-corrected chi connectivity index (χ0v) is 45.1. The molecule has 0 radical (unpaired) electrons. The average molecular weight is 1050 g/mol. The maximum atomic E-state index is 2.57. The summed E-state index contributed by atoms with van der Waals surface area (Å²) < 4.78 is 4.93. The van der Waals surface area contributed by atoms with Crippen LogP contribution in [0.4, 0.5) is 17.1 Å². The lowest BCUT2D eigenvalue weighted by atomic mass is 9.65. The molecular formula is C80H49N3. The van der Waals surface area contributed by atoms with Gasteiger partial charge in [-0.1, -0.05) is 231 Å². The van der Waals surface area contributed by atoms with Crippen molar-refractivity contribution in [1.29, 1.82) is 0 Å². The van der Waals surface area contributed by atoms with Crippen LogP contribution in [0.5, 0.6) is 0 Å². The third-order valence-corrected chi connectivity index (χ3v) is 19.3. The van der Waals surface area contributed by atoms with Crippen LogP contribution in [0.2, 0.25) is 0 Å². The summed E-state index contributed by atoms with van der Waals surface area (Å²) in [5.74, 6) is 0. The Kier molecular flexibility index (Phi) is 8.92. The Morgan fingerprint density at radius 2 is 0.687 bits per heavy atom. The number of nitrogens with zero attached hydrogens (tertiary/aromatic N) is 3. The van der Waals surface area contributed by atoms with Crippen LogP contribution in [-0.4, -0.2) is 9.13 Å². The van der Waals surface area contributed by atoms with Crippen LogP contribution in [0.15, 0.2) is 297 Å². The van der Waals surface area contributed by atoms with Crippen molar-refractivity contribution in [1.82, 2.24) is 9.13 Å². The normalized spacial score (nSPS) is 15.1. The predicted octanol–water partition coefficient (Wildman–Crippen LogP) is 20.0. The molecule has 2 spiro atoms. The molecule has 2 aromatic heterocycles. The molecule has 3 aliphatic carbocycles. The monoisotopic (exact) mass is 1050 g/mol. The van der Waals surface area contributed by atoms with E-state index in [4.69, 9.17) is 0 Å². The standard InChI is InChI=1S/C80H49N3/c1-8-27-64-55(19-1)56-20-2-9-28-65(56)79(64)67-30-11-4-25-63(67)77-69(79)32-18-38-76(77)81(52-43-39-50(40-44-52)51-41-45-53(46-42-51)82-72-34-13-5-22-59(72)60-23-6-14-35-73(60)82)54-47-48-58-57-21-3-10-29-66(57)80(71(58)49-54)68-31-12-16-37-75(68)83-74-36-15-7-24-61(74)62-26-17-33-70(80)78(62)83/h1-49H. The summed E-state index contributed by atoms with van der Waals surface area (Å²) in [6.45, 7) is 0. The summed E-state index contributed by atoms with van der Waals surface area (Å²) in [7, 11) is 0. The van der Waals surface area contributed by atoms with Crippen molar-refractivity contribution in [3.63, 3.8) is 0 Å². The van der Waals surface area contributed by atoms with Gasteiger partial charge in [-0.3, -0.25) is 0 Å². The molecule has 384 valence electrons. The molecule has 0 N–H and O–H groups in total. The molecule has 19 rings (SSSR count). The molecule has 3 heteroatoms. The highest BCUT2D eigenvalue weighted by atomic mass is 15.1. The summed E-state index contributed by atoms with van der Waals surface area (Å²) in [6.07, 6.45) is 0. The summed E-state index contributed by atoms with van der Waals surface area (Å²) in [5, 5.41) is 5.08. The molecule has 3 heterocycles. The number of aromatic nitrogens is 2. The smallest absolute Gasteiger partial charge is 0.0755 e. The van der Waals surface area contributed by atoms with Gasteiger partial charge in [-0.25, -0.2) is 0 Å². The van der Waals surface area contributed by atoms with Crippen LogP contribution in [0.1, 0.15) is 44.5 Å². The van der Waals surface area contributed by atoms with E-state index in [-0.39, 0.29) is 0 Å². The third kappa shape index (κ3) is 5.64. The minimum Gasteiger partial charge on any atom is -0.310 e. The molecule has 1 aliphatic heterocycles. The fourth-order valence-electron chi connectivity index (χ4n) is 16.2. The Morgan fingerprint density at radius 1 is 0.265 bits per heavy atom. The quantitative estimate of drug-likeness (QED) is 0.167. The van der Waals surface area contributed by atoms with E-state index in [0.717, 1.165) is 28.3 Å². The maximum absolute atomic E-state index is 2.57. The van der Waals surface area contributed by atoms with Gasteiger partial charge >= 0.3 is 0 Å². The molecule has 0 saturated carbocycles. The highest BCUT2D eigenvalue weighted by Gasteiger charge is 2.54. The SMILES string of the molecule is c1ccc2c(c1)-c1ccccc1C21c2ccccc2-c2c(N(c3ccc(-c4ccc(-n5c6ccccc6c6ccccc65)cc4)cc3)c3ccc4c(c3)C3(c5ccccc5-4)c4ccccc4-n4c5ccccc5c5cccc3c54)cccc21. The van der Waals surface area contributed by atoms with Crippen molar-refractivity contribution in [3.05, 3.63) is 342 Å². The number of benzene rings is 13. The van der Waals surface area contributed by atoms with Crippen LogP contribution in [0, 0.1) is 0 Å². The highest BCUT2D eigenvalue weighted by molar-refractivity contribution is 6.13. The molecule has 0 saturated heterocycles. The average Bonchev–Trinajstić information content (AvgIpc) is 2.08. The molecule has 4 aliphatic rings. The molecule has 0 fully saturated rings. The van der Waals surface area contributed by atoms with Gasteiger partial charge in [0.1, 0.15) is 0 Å². The lowest BCUT2D eigenvalue weighted by Gasteiger charge is -2.40. The maximum Gasteiger partial charge on any atom is 0.0755 e. The first kappa shape index (κ1) is 45.0. The van der Waals surface area contributed by atoms with Crippen LogP contribution < -0.4 is 4.90 Å². The molecule has 83 heavy (non-hydrogen) atoms. The second-order valence-electron chi connectivity index (χ2n) is 23.0. The summed E-state index contributed by atoms with van der Waals surface area (Å²) in [6, 6.07) is 112. The van der Waals surface area contributed by atoms with E-state index in [9.17, 15) is 0 Å². The lowest BCUT2D eigenvalue weighted by molar-refractivity contribution is 0.748. The van der Waals surface area contributed by atoms with Gasteiger partial charge in [-0.15, -0.1) is 0 Å². The van der Waals surface area contributed by atoms with Crippen molar-refractivity contribution in [3.8, 4) is 55.9 Å². The van der Waals surface area contributed by atoms with Gasteiger partial charge in [0, 0.05) is 44.2 Å². The first-order valence-electron chi connectivity index (χ1n) is 29.0. The summed E-state index contributed by atoms with van der Waals surface area (Å²) in [5.41, 5.74) is 30.0. The van der Waals surface area contributed by atoms with E-state index >= 15 is 0 Å². The zero-order valence-electron chi connectivity index (χ0n) is 45.1. The molecule has 1 unspecified atom stereocenters. The van der Waals surface area contributed by atoms with E-state index in [0.29, 0.717) is 0 Å². The highest BCUT2D eigenvalue weighted by Crippen LogP contribution is 2.66. The second kappa shape index (κ2) is 16.4. The molecule has 13 aromatic carbocycles. The molecule has 1 atom stereocenters. The van der Waals surface area contributed by atoms with Gasteiger partial charge in [0.15, 0.2) is 0 Å². The Bertz CT molecular complexity index is 5190. The number of para-hydroxylation sites is 5. The van der Waals surface area contributed by atoms with Gasteiger partial charge in [0.05, 0.1) is 44.3 Å². The van der Waals surface area contributed by atoms with Gasteiger partial charge in [0.2, 0.25) is 0 Å². The Labute approximate surface area is 480 Å². The molecular weight excluding hydrogens is 1000 g/mol. The first-order valence-corrected chi connectivity index (χ1v) is 29.0. The van der Waals surface area contributed by atoms with Gasteiger partial charge in [0.25, 0.3) is 0 Å². The topological polar surface area (TPSA) is 13.1 Å². The second-order valence-corrected chi connectivity index (χ2v) is 23.0. The molecule has 15 aromatic rings. The van der Waals surface area contributed by atoms with Crippen molar-refractivity contribution in [2.75, 3.05) is 4.90 Å². The van der Waals surface area contributed by atoms with Crippen LogP contribution in [0.25, 0.3) is 99.5 Å². The van der Waals surface area contributed by atoms with Gasteiger partial charge < -0.3 is 14.0 Å². The van der Waals surface area contributed by atoms with Crippen LogP contribution >= 0.6 is 0 Å². The van der Waals surface area contributed by atoms with E-state index in [2.05, 4.69) is 311 Å². The number of hydrogen-bond acceptors (Lipinski definition) is 1. The van der Waals surface area contributed by atoms with E-state index in [1.807, 2.05) is 0 Å². The van der Waals surface area contributed by atoms with Gasteiger partial charge in [-0.2, -0.15) is 0 Å². The van der Waals surface area contributed by atoms with Crippen molar-refractivity contribution < 1.29 is 0 Å². The Balaban J connectivity index is 0.845. The van der Waals surface area contributed by atoms with Crippen molar-refractivity contribution >= 4 is 60.7 Å². The Hall–Kier alpha value is -10.7. The predicted molar refractivity (Wildman–Crippen MR) is 342 cm³/mol. The summed E-state index contributed by atoms with van der Waals surface area (Å²) in [4.78, 5) is 2.57. The van der Waals surface area contributed by atoms with E-state index in [1.54, 1.807) is 0 Å². The fourth-order valence-corrected chi connectivity index (χ4v) is 16.2. The Morgan fingerprint density at radius 3 is 1.31 bits per heavy atom. The fraction of sp³-hybridized carbons (Fsp3) is 0.0250. The molecule has 3 nitrogen and oxygen atoms in total. The third-order valence-electron chi connectivity index (χ3n) is 19.3. The van der Waals surface area contributed by atoms with Gasteiger partial charge in [-0.05, 0) is 150 Å². The lowest BCUT2D eigenvalue weighted by Crippen LogP contribution is -2.33.